The van der Waals surface area contributed by atoms with E-state index in [2.05, 4.69) is 25.3 Å². The third-order valence-electron chi connectivity index (χ3n) is 4.87. The zero-order valence-electron chi connectivity index (χ0n) is 17.6. The second-order valence-corrected chi connectivity index (χ2v) is 6.93. The number of pyridine rings is 1. The molecule has 0 aliphatic carbocycles. The molecule has 11 heteroatoms. The normalized spacial score (nSPS) is 13.6. The lowest BCUT2D eigenvalue weighted by Crippen LogP contribution is -2.49. The van der Waals surface area contributed by atoms with E-state index in [1.54, 1.807) is 11.1 Å². The van der Waals surface area contributed by atoms with Gasteiger partial charge >= 0.3 is 12.6 Å². The van der Waals surface area contributed by atoms with Crippen molar-refractivity contribution in [3.8, 4) is 11.5 Å². The van der Waals surface area contributed by atoms with Crippen molar-refractivity contribution in [3.05, 3.63) is 42.6 Å². The fourth-order valence-electron chi connectivity index (χ4n) is 3.28. The highest BCUT2D eigenvalue weighted by molar-refractivity contribution is 5.90. The summed E-state index contributed by atoms with van der Waals surface area (Å²) in [5.74, 6) is 0.756. The lowest BCUT2D eigenvalue weighted by molar-refractivity contribution is -0.131. The number of ether oxygens (including phenoxy) is 2. The van der Waals surface area contributed by atoms with Crippen LogP contribution in [0.25, 0.3) is 0 Å². The number of alkyl halides is 2. The predicted octanol–water partition coefficient (Wildman–Crippen LogP) is 2.55. The number of hydrogen-bond donors (Lipinski definition) is 2. The van der Waals surface area contributed by atoms with E-state index >= 15 is 0 Å². The number of methoxy groups -OCH3 is 1. The maximum absolute atomic E-state index is 12.5. The molecule has 2 N–H and O–H groups in total. The van der Waals surface area contributed by atoms with Gasteiger partial charge in [-0.3, -0.25) is 4.79 Å². The molecule has 0 bridgehead atoms. The number of anilines is 2. The molecular weight excluding hydrogens is 424 g/mol. The van der Waals surface area contributed by atoms with Crippen LogP contribution in [0, 0.1) is 0 Å². The first-order chi connectivity index (χ1) is 15.5. The number of carbonyl (C=O) groups is 2. The number of rotatable bonds is 8. The summed E-state index contributed by atoms with van der Waals surface area (Å²) in [5.41, 5.74) is 0.246. The second-order valence-electron chi connectivity index (χ2n) is 6.93. The highest BCUT2D eigenvalue weighted by Gasteiger charge is 2.21. The number of nitrogens with one attached hydrogen (secondary N) is 2. The molecule has 2 heterocycles. The number of hydrogen-bond acceptors (Lipinski definition) is 6. The smallest absolute Gasteiger partial charge is 0.387 e. The van der Waals surface area contributed by atoms with Crippen LogP contribution in [0.1, 0.15) is 6.42 Å². The van der Waals surface area contributed by atoms with Crippen LogP contribution >= 0.6 is 0 Å². The van der Waals surface area contributed by atoms with Gasteiger partial charge in [-0.05, 0) is 24.3 Å². The van der Waals surface area contributed by atoms with Crippen molar-refractivity contribution < 1.29 is 27.8 Å². The number of amides is 3. The fourth-order valence-corrected chi connectivity index (χ4v) is 3.28. The molecule has 172 valence electrons. The molecule has 0 saturated carbocycles. The first-order valence-electron chi connectivity index (χ1n) is 10.1. The third kappa shape index (κ3) is 6.43. The van der Waals surface area contributed by atoms with Gasteiger partial charge < -0.3 is 29.9 Å². The molecule has 0 atom stereocenters. The average Bonchev–Trinajstić information content (AvgIpc) is 2.79. The molecule has 0 unspecified atom stereocenters. The SMILES string of the molecule is COc1ccc(NC(=O)NCCC(=O)N2CCN(c3ccccn3)CC2)cc1OC(F)F. The van der Waals surface area contributed by atoms with Gasteiger partial charge in [0.05, 0.1) is 7.11 Å². The molecule has 2 aromatic rings. The minimum absolute atomic E-state index is 0.0527. The Hall–Kier alpha value is -3.63. The maximum atomic E-state index is 12.5. The van der Waals surface area contributed by atoms with E-state index in [4.69, 9.17) is 4.74 Å². The summed E-state index contributed by atoms with van der Waals surface area (Å²) < 4.78 is 34.4. The molecule has 1 aromatic heterocycles. The molecule has 3 rings (SSSR count). The average molecular weight is 449 g/mol. The molecule has 1 fully saturated rings. The lowest BCUT2D eigenvalue weighted by atomic mass is 10.2. The number of piperazine rings is 1. The Kier molecular flexibility index (Phi) is 8.01. The quantitative estimate of drug-likeness (QED) is 0.643. The first-order valence-corrected chi connectivity index (χ1v) is 10.1. The number of halogens is 2. The number of nitrogens with zero attached hydrogens (tertiary/aromatic N) is 3. The van der Waals surface area contributed by atoms with Gasteiger partial charge in [-0.25, -0.2) is 9.78 Å². The third-order valence-corrected chi connectivity index (χ3v) is 4.87. The van der Waals surface area contributed by atoms with Gasteiger partial charge in [-0.15, -0.1) is 0 Å². The summed E-state index contributed by atoms with van der Waals surface area (Å²) in [7, 11) is 1.32. The number of urea groups is 1. The van der Waals surface area contributed by atoms with Gasteiger partial charge in [0.2, 0.25) is 5.91 Å². The summed E-state index contributed by atoms with van der Waals surface area (Å²) in [5, 5.41) is 5.10. The fraction of sp³-hybridized carbons (Fsp3) is 0.381. The highest BCUT2D eigenvalue weighted by Crippen LogP contribution is 2.31. The molecular formula is C21H25F2N5O4. The minimum Gasteiger partial charge on any atom is -0.493 e. The highest BCUT2D eigenvalue weighted by atomic mass is 19.3. The van der Waals surface area contributed by atoms with Crippen molar-refractivity contribution in [1.29, 1.82) is 0 Å². The monoisotopic (exact) mass is 449 g/mol. The van der Waals surface area contributed by atoms with Gasteiger partial charge in [0, 0.05) is 57.1 Å². The van der Waals surface area contributed by atoms with Gasteiger partial charge in [-0.2, -0.15) is 8.78 Å². The van der Waals surface area contributed by atoms with Crippen LogP contribution in [-0.4, -0.2) is 68.3 Å². The summed E-state index contributed by atoms with van der Waals surface area (Å²) >= 11 is 0. The van der Waals surface area contributed by atoms with Crippen LogP contribution in [0.5, 0.6) is 11.5 Å². The molecule has 0 radical (unpaired) electrons. The summed E-state index contributed by atoms with van der Waals surface area (Å²) in [6, 6.07) is 9.28. The topological polar surface area (TPSA) is 96.0 Å². The first kappa shape index (κ1) is 23.0. The van der Waals surface area contributed by atoms with E-state index in [9.17, 15) is 18.4 Å². The molecule has 9 nitrogen and oxygen atoms in total. The molecule has 1 aliphatic heterocycles. The van der Waals surface area contributed by atoms with Gasteiger partial charge in [-0.1, -0.05) is 6.07 Å². The largest absolute Gasteiger partial charge is 0.493 e. The standard InChI is InChI=1S/C21H25F2N5O4/c1-31-16-6-5-15(14-17(16)32-20(22)23)26-21(30)25-9-7-19(29)28-12-10-27(11-13-28)18-4-2-3-8-24-18/h2-6,8,14,20H,7,9-13H2,1H3,(H2,25,26,30). The van der Waals surface area contributed by atoms with Gasteiger partial charge in [0.25, 0.3) is 0 Å². The molecule has 1 aromatic carbocycles. The van der Waals surface area contributed by atoms with Crippen LogP contribution < -0.4 is 25.0 Å². The van der Waals surface area contributed by atoms with Crippen LogP contribution in [0.15, 0.2) is 42.6 Å². The van der Waals surface area contributed by atoms with Gasteiger partial charge in [0.1, 0.15) is 5.82 Å². The number of aromatic nitrogens is 1. The van der Waals surface area contributed by atoms with E-state index in [0.717, 1.165) is 5.82 Å². The van der Waals surface area contributed by atoms with Crippen LogP contribution in [0.4, 0.5) is 25.1 Å². The summed E-state index contributed by atoms with van der Waals surface area (Å²) in [4.78, 5) is 32.7. The predicted molar refractivity (Wildman–Crippen MR) is 114 cm³/mol. The van der Waals surface area contributed by atoms with Crippen molar-refractivity contribution in [3.63, 3.8) is 0 Å². The summed E-state index contributed by atoms with van der Waals surface area (Å²) in [6.07, 6.45) is 1.89. The Bertz CT molecular complexity index is 908. The zero-order chi connectivity index (χ0) is 22.9. The Morgan fingerprint density at radius 2 is 1.91 bits per heavy atom. The minimum atomic E-state index is -3.02. The number of benzene rings is 1. The zero-order valence-corrected chi connectivity index (χ0v) is 17.6. The van der Waals surface area contributed by atoms with E-state index < -0.39 is 12.6 Å². The Labute approximate surface area is 184 Å². The van der Waals surface area contributed by atoms with Crippen molar-refractivity contribution in [2.75, 3.05) is 50.1 Å². The molecule has 1 aliphatic rings. The molecule has 1 saturated heterocycles. The van der Waals surface area contributed by atoms with Crippen molar-refractivity contribution in [2.24, 2.45) is 0 Å². The van der Waals surface area contributed by atoms with Crippen molar-refractivity contribution >= 4 is 23.4 Å². The van der Waals surface area contributed by atoms with Crippen LogP contribution in [-0.2, 0) is 4.79 Å². The van der Waals surface area contributed by atoms with Crippen molar-refractivity contribution in [1.82, 2.24) is 15.2 Å². The Morgan fingerprint density at radius 1 is 1.12 bits per heavy atom. The van der Waals surface area contributed by atoms with E-state index in [0.29, 0.717) is 26.2 Å². The Morgan fingerprint density at radius 3 is 2.56 bits per heavy atom. The molecule has 0 spiro atoms. The van der Waals surface area contributed by atoms with Crippen LogP contribution in [0.3, 0.4) is 0 Å². The van der Waals surface area contributed by atoms with E-state index in [-0.39, 0.29) is 36.1 Å². The second kappa shape index (κ2) is 11.1. The molecule has 32 heavy (non-hydrogen) atoms. The maximum Gasteiger partial charge on any atom is 0.387 e. The lowest BCUT2D eigenvalue weighted by Gasteiger charge is -2.35. The van der Waals surface area contributed by atoms with E-state index in [1.807, 2.05) is 18.2 Å². The summed E-state index contributed by atoms with van der Waals surface area (Å²) in [6.45, 7) is -0.332. The van der Waals surface area contributed by atoms with Crippen molar-refractivity contribution in [2.45, 2.75) is 13.0 Å². The van der Waals surface area contributed by atoms with Crippen LogP contribution in [0.2, 0.25) is 0 Å². The Balaban J connectivity index is 1.41. The number of carbonyl (C=O) groups excluding carboxylic acids is 2. The molecule has 3 amide bonds. The van der Waals surface area contributed by atoms with E-state index in [1.165, 1.54) is 25.3 Å². The van der Waals surface area contributed by atoms with Gasteiger partial charge in [0.15, 0.2) is 11.5 Å².